The van der Waals surface area contributed by atoms with E-state index in [0.29, 0.717) is 33.7 Å². The number of ether oxygens (including phenoxy) is 1. The van der Waals surface area contributed by atoms with Gasteiger partial charge in [-0.2, -0.15) is 0 Å². The first-order valence-electron chi connectivity index (χ1n) is 9.78. The van der Waals surface area contributed by atoms with Gasteiger partial charge < -0.3 is 14.6 Å². The van der Waals surface area contributed by atoms with Gasteiger partial charge in [-0.05, 0) is 44.5 Å². The molecule has 10 heteroatoms. The molecule has 0 bridgehead atoms. The summed E-state index contributed by atoms with van der Waals surface area (Å²) in [7, 11) is 0. The lowest BCUT2D eigenvalue weighted by Gasteiger charge is -2.08. The molecule has 0 saturated heterocycles. The molecule has 0 saturated carbocycles. The highest BCUT2D eigenvalue weighted by Crippen LogP contribution is 2.29. The number of nitrogens with zero attached hydrogens (tertiary/aromatic N) is 3. The molecule has 31 heavy (non-hydrogen) atoms. The van der Waals surface area contributed by atoms with Crippen molar-refractivity contribution in [2.45, 2.75) is 38.9 Å². The molecule has 3 rings (SSSR count). The Labute approximate surface area is 194 Å². The second kappa shape index (κ2) is 10.8. The van der Waals surface area contributed by atoms with Crippen molar-refractivity contribution in [1.82, 2.24) is 14.8 Å². The van der Waals surface area contributed by atoms with Crippen molar-refractivity contribution in [3.05, 3.63) is 57.2 Å². The third-order valence-electron chi connectivity index (χ3n) is 4.32. The lowest BCUT2D eigenvalue weighted by Crippen LogP contribution is -2.16. The Bertz CT molecular complexity index is 1060. The number of thiophene rings is 1. The SMILES string of the molecule is CCOC(=O)c1cc(C)sc1NC(=O)CSc1nnc(Cc2ccc(Cl)cc2)n1CC. The van der Waals surface area contributed by atoms with E-state index in [1.165, 1.54) is 23.1 Å². The zero-order chi connectivity index (χ0) is 22.4. The average molecular weight is 479 g/mol. The molecule has 0 aliphatic heterocycles. The van der Waals surface area contributed by atoms with Crippen LogP contribution in [-0.2, 0) is 22.5 Å². The van der Waals surface area contributed by atoms with Crippen LogP contribution in [0, 0.1) is 6.92 Å². The Hall–Kier alpha value is -2.36. The molecule has 164 valence electrons. The fraction of sp³-hybridized carbons (Fsp3) is 0.333. The van der Waals surface area contributed by atoms with Crippen LogP contribution in [0.5, 0.6) is 0 Å². The van der Waals surface area contributed by atoms with Crippen LogP contribution in [0.4, 0.5) is 5.00 Å². The highest BCUT2D eigenvalue weighted by molar-refractivity contribution is 7.99. The molecule has 1 amide bonds. The number of carbonyl (C=O) groups excluding carboxylic acids is 2. The molecule has 7 nitrogen and oxygen atoms in total. The predicted octanol–water partition coefficient (Wildman–Crippen LogP) is 4.82. The van der Waals surface area contributed by atoms with Crippen molar-refractivity contribution in [2.75, 3.05) is 17.7 Å². The van der Waals surface area contributed by atoms with Gasteiger partial charge in [0, 0.05) is 22.9 Å². The van der Waals surface area contributed by atoms with Gasteiger partial charge >= 0.3 is 5.97 Å². The number of benzene rings is 1. The maximum absolute atomic E-state index is 12.5. The first-order chi connectivity index (χ1) is 14.9. The molecule has 0 fully saturated rings. The fourth-order valence-electron chi connectivity index (χ4n) is 2.92. The van der Waals surface area contributed by atoms with E-state index in [1.54, 1.807) is 13.0 Å². The van der Waals surface area contributed by atoms with Crippen LogP contribution in [0.1, 0.15) is 40.5 Å². The molecule has 0 unspecified atom stereocenters. The Morgan fingerprint density at radius 2 is 1.97 bits per heavy atom. The number of rotatable bonds is 9. The minimum absolute atomic E-state index is 0.151. The minimum atomic E-state index is -0.438. The van der Waals surface area contributed by atoms with E-state index in [9.17, 15) is 9.59 Å². The lowest BCUT2D eigenvalue weighted by molar-refractivity contribution is -0.113. The van der Waals surface area contributed by atoms with Crippen LogP contribution in [0.3, 0.4) is 0 Å². The van der Waals surface area contributed by atoms with Crippen molar-refractivity contribution in [3.8, 4) is 0 Å². The average Bonchev–Trinajstić information content (AvgIpc) is 3.30. The van der Waals surface area contributed by atoms with Crippen LogP contribution >= 0.6 is 34.7 Å². The van der Waals surface area contributed by atoms with Crippen LogP contribution in [0.15, 0.2) is 35.5 Å². The molecular formula is C21H23ClN4O3S2. The number of aromatic nitrogens is 3. The van der Waals surface area contributed by atoms with E-state index in [2.05, 4.69) is 15.5 Å². The molecule has 0 atom stereocenters. The molecular weight excluding hydrogens is 456 g/mol. The number of aryl methyl sites for hydroxylation is 1. The second-order valence-corrected chi connectivity index (χ2v) is 9.24. The third-order valence-corrected chi connectivity index (χ3v) is 6.51. The minimum Gasteiger partial charge on any atom is -0.462 e. The summed E-state index contributed by atoms with van der Waals surface area (Å²) < 4.78 is 7.06. The Kier molecular flexibility index (Phi) is 8.11. The topological polar surface area (TPSA) is 86.1 Å². The summed E-state index contributed by atoms with van der Waals surface area (Å²) in [5.41, 5.74) is 1.46. The van der Waals surface area contributed by atoms with Crippen LogP contribution in [-0.4, -0.2) is 39.0 Å². The molecule has 3 aromatic rings. The fourth-order valence-corrected chi connectivity index (χ4v) is 4.78. The van der Waals surface area contributed by atoms with Gasteiger partial charge in [0.2, 0.25) is 5.91 Å². The number of amides is 1. The molecule has 2 heterocycles. The molecule has 0 aliphatic carbocycles. The highest BCUT2D eigenvalue weighted by Gasteiger charge is 2.19. The van der Waals surface area contributed by atoms with Gasteiger partial charge in [-0.1, -0.05) is 35.5 Å². The van der Waals surface area contributed by atoms with Gasteiger partial charge in [0.1, 0.15) is 10.8 Å². The van der Waals surface area contributed by atoms with Gasteiger partial charge in [-0.3, -0.25) is 4.79 Å². The maximum Gasteiger partial charge on any atom is 0.341 e. The maximum atomic E-state index is 12.5. The first kappa shape index (κ1) is 23.3. The van der Waals surface area contributed by atoms with Gasteiger partial charge in [0.25, 0.3) is 0 Å². The Morgan fingerprint density at radius 3 is 2.65 bits per heavy atom. The van der Waals surface area contributed by atoms with E-state index in [0.717, 1.165) is 16.3 Å². The number of hydrogen-bond donors (Lipinski definition) is 1. The lowest BCUT2D eigenvalue weighted by atomic mass is 10.1. The van der Waals surface area contributed by atoms with E-state index < -0.39 is 5.97 Å². The zero-order valence-electron chi connectivity index (χ0n) is 17.5. The quantitative estimate of drug-likeness (QED) is 0.350. The van der Waals surface area contributed by atoms with Crippen molar-refractivity contribution in [2.24, 2.45) is 0 Å². The molecule has 0 radical (unpaired) electrons. The molecule has 1 N–H and O–H groups in total. The van der Waals surface area contributed by atoms with Gasteiger partial charge in [0.15, 0.2) is 5.16 Å². The predicted molar refractivity (Wildman–Crippen MR) is 124 cm³/mol. The van der Waals surface area contributed by atoms with Gasteiger partial charge in [-0.15, -0.1) is 21.5 Å². The summed E-state index contributed by atoms with van der Waals surface area (Å²) in [4.78, 5) is 25.5. The summed E-state index contributed by atoms with van der Waals surface area (Å²) in [6.45, 7) is 6.61. The van der Waals surface area contributed by atoms with E-state index in [-0.39, 0.29) is 18.3 Å². The van der Waals surface area contributed by atoms with Crippen molar-refractivity contribution in [1.29, 1.82) is 0 Å². The summed E-state index contributed by atoms with van der Waals surface area (Å²) in [5, 5.41) is 13.2. The highest BCUT2D eigenvalue weighted by atomic mass is 35.5. The third kappa shape index (κ3) is 6.09. The van der Waals surface area contributed by atoms with Crippen molar-refractivity contribution < 1.29 is 14.3 Å². The summed E-state index contributed by atoms with van der Waals surface area (Å²) >= 11 is 8.61. The molecule has 2 aromatic heterocycles. The number of esters is 1. The van der Waals surface area contributed by atoms with Gasteiger partial charge in [0.05, 0.1) is 17.9 Å². The summed E-state index contributed by atoms with van der Waals surface area (Å²) in [5.74, 6) is 0.319. The van der Waals surface area contributed by atoms with Crippen molar-refractivity contribution in [3.63, 3.8) is 0 Å². The smallest absolute Gasteiger partial charge is 0.341 e. The van der Waals surface area contributed by atoms with E-state index in [1.807, 2.05) is 42.7 Å². The molecule has 1 aromatic carbocycles. The normalized spacial score (nSPS) is 10.8. The number of halogens is 1. The standard InChI is InChI=1S/C21H23ClN4O3S2/c1-4-26-17(11-14-6-8-15(22)9-7-14)24-25-21(26)30-12-18(27)23-19-16(10-13(3)31-19)20(28)29-5-2/h6-10H,4-5,11-12H2,1-3H3,(H,23,27). The van der Waals surface area contributed by atoms with E-state index >= 15 is 0 Å². The summed E-state index contributed by atoms with van der Waals surface area (Å²) in [6, 6.07) is 9.34. The van der Waals surface area contributed by atoms with Gasteiger partial charge in [-0.25, -0.2) is 4.79 Å². The van der Waals surface area contributed by atoms with Crippen molar-refractivity contribution >= 4 is 51.6 Å². The van der Waals surface area contributed by atoms with E-state index in [4.69, 9.17) is 16.3 Å². The first-order valence-corrected chi connectivity index (χ1v) is 12.0. The zero-order valence-corrected chi connectivity index (χ0v) is 19.9. The Balaban J connectivity index is 1.64. The van der Waals surface area contributed by atoms with Crippen LogP contribution < -0.4 is 5.32 Å². The number of nitrogens with one attached hydrogen (secondary N) is 1. The second-order valence-electron chi connectivity index (χ2n) is 6.60. The van der Waals surface area contributed by atoms with Crippen LogP contribution in [0.2, 0.25) is 5.02 Å². The monoisotopic (exact) mass is 478 g/mol. The number of hydrogen-bond acceptors (Lipinski definition) is 7. The number of thioether (sulfide) groups is 1. The number of anilines is 1. The number of carbonyl (C=O) groups is 2. The van der Waals surface area contributed by atoms with Crippen LogP contribution in [0.25, 0.3) is 0 Å². The molecule has 0 aliphatic rings. The largest absolute Gasteiger partial charge is 0.462 e. The Morgan fingerprint density at radius 1 is 1.23 bits per heavy atom. The molecule has 0 spiro atoms. The summed E-state index contributed by atoms with van der Waals surface area (Å²) in [6.07, 6.45) is 0.627.